The van der Waals surface area contributed by atoms with Gasteiger partial charge in [0.05, 0.1) is 19.6 Å². The van der Waals surface area contributed by atoms with Crippen molar-refractivity contribution >= 4 is 22.5 Å². The lowest BCUT2D eigenvalue weighted by Crippen LogP contribution is -2.29. The largest absolute Gasteiger partial charge is 0.441 e. The van der Waals surface area contributed by atoms with E-state index in [0.717, 1.165) is 16.6 Å². The highest BCUT2D eigenvalue weighted by atomic mass is 15.4. The van der Waals surface area contributed by atoms with E-state index in [0.29, 0.717) is 5.95 Å². The molecule has 3 aromatic rings. The van der Waals surface area contributed by atoms with E-state index in [2.05, 4.69) is 21.4 Å². The lowest BCUT2D eigenvalue weighted by Gasteiger charge is -1.92. The summed E-state index contributed by atoms with van der Waals surface area (Å²) in [5, 5.41) is 13.8. The van der Waals surface area contributed by atoms with Crippen molar-refractivity contribution in [1.82, 2.24) is 14.2 Å². The van der Waals surface area contributed by atoms with E-state index in [9.17, 15) is 0 Å². The monoisotopic (exact) mass is 255 g/mol. The van der Waals surface area contributed by atoms with Gasteiger partial charge in [-0.3, -0.25) is 0 Å². The van der Waals surface area contributed by atoms with E-state index in [1.54, 1.807) is 11.0 Å². The van der Waals surface area contributed by atoms with Crippen molar-refractivity contribution in [2.24, 2.45) is 31.4 Å². The van der Waals surface area contributed by atoms with Crippen LogP contribution in [0.1, 0.15) is 0 Å². The molecule has 6 heteroatoms. The second kappa shape index (κ2) is 4.31. The van der Waals surface area contributed by atoms with Crippen LogP contribution in [0, 0.1) is 0 Å². The highest BCUT2D eigenvalue weighted by Gasteiger charge is 2.13. The Hall–Kier alpha value is -2.50. The maximum absolute atomic E-state index is 4.34. The molecule has 0 unspecified atom stereocenters. The molecule has 6 nitrogen and oxygen atoms in total. The number of aryl methyl sites for hydroxylation is 3. The summed E-state index contributed by atoms with van der Waals surface area (Å²) in [6.07, 6.45) is 3.68. The maximum atomic E-state index is 4.34. The summed E-state index contributed by atoms with van der Waals surface area (Å²) in [7, 11) is 5.74. The van der Waals surface area contributed by atoms with Gasteiger partial charge < -0.3 is 4.57 Å². The normalized spacial score (nSPS) is 11.7. The molecule has 0 amide bonds. The Morgan fingerprint density at radius 3 is 2.63 bits per heavy atom. The van der Waals surface area contributed by atoms with E-state index in [1.807, 2.05) is 54.7 Å². The predicted molar refractivity (Wildman–Crippen MR) is 71.5 cm³/mol. The van der Waals surface area contributed by atoms with Crippen LogP contribution >= 0.6 is 0 Å². The first-order valence-corrected chi connectivity index (χ1v) is 6.00. The molecule has 0 spiro atoms. The molecule has 2 aromatic heterocycles. The molecular weight excluding hydrogens is 240 g/mol. The zero-order chi connectivity index (χ0) is 13.4. The Morgan fingerprint density at radius 1 is 1.11 bits per heavy atom. The molecule has 0 saturated heterocycles. The van der Waals surface area contributed by atoms with Crippen LogP contribution in [-0.4, -0.2) is 14.2 Å². The van der Waals surface area contributed by atoms with Crippen molar-refractivity contribution in [3.63, 3.8) is 0 Å². The van der Waals surface area contributed by atoms with E-state index < -0.39 is 0 Å². The van der Waals surface area contributed by atoms with Crippen LogP contribution in [0.15, 0.2) is 47.0 Å². The maximum Gasteiger partial charge on any atom is 0.441 e. The third-order valence-corrected chi connectivity index (χ3v) is 3.13. The number of hydrogen-bond acceptors (Lipinski definition) is 3. The molecule has 2 heterocycles. The van der Waals surface area contributed by atoms with Gasteiger partial charge in [0.25, 0.3) is 0 Å². The number of hydrogen-bond donors (Lipinski definition) is 0. The van der Waals surface area contributed by atoms with Crippen LogP contribution < -0.4 is 4.68 Å². The van der Waals surface area contributed by atoms with Crippen LogP contribution in [0.25, 0.3) is 10.9 Å². The molecular formula is C13H15N6+. The minimum absolute atomic E-state index is 0.702. The van der Waals surface area contributed by atoms with E-state index >= 15 is 0 Å². The first-order valence-electron chi connectivity index (χ1n) is 6.00. The van der Waals surface area contributed by atoms with Crippen molar-refractivity contribution in [2.75, 3.05) is 0 Å². The lowest BCUT2D eigenvalue weighted by molar-refractivity contribution is -0.716. The molecule has 0 N–H and O–H groups in total. The Balaban J connectivity index is 2.07. The molecule has 3 rings (SSSR count). The molecule has 96 valence electrons. The summed E-state index contributed by atoms with van der Waals surface area (Å²) >= 11 is 0. The van der Waals surface area contributed by atoms with Crippen molar-refractivity contribution in [1.29, 1.82) is 0 Å². The average molecular weight is 255 g/mol. The second-order valence-corrected chi connectivity index (χ2v) is 4.51. The number of azo groups is 1. The fourth-order valence-electron chi connectivity index (χ4n) is 2.12. The van der Waals surface area contributed by atoms with Gasteiger partial charge >= 0.3 is 5.95 Å². The van der Waals surface area contributed by atoms with E-state index in [-0.39, 0.29) is 0 Å². The Morgan fingerprint density at radius 2 is 1.89 bits per heavy atom. The quantitative estimate of drug-likeness (QED) is 0.511. The third-order valence-electron chi connectivity index (χ3n) is 3.13. The van der Waals surface area contributed by atoms with Gasteiger partial charge in [0.15, 0.2) is 6.33 Å². The number of benzene rings is 1. The molecule has 0 aliphatic carbocycles. The van der Waals surface area contributed by atoms with Crippen LogP contribution in [0.2, 0.25) is 0 Å². The summed E-state index contributed by atoms with van der Waals surface area (Å²) in [6, 6.07) is 8.14. The standard InChI is InChI=1S/C13H15N6/c1-17-8-11(10-6-4-5-7-12(10)17)15-16-13-18(2)9-14-19(13)3/h4-9H,1-3H3/q+1. The molecule has 0 saturated carbocycles. The number of aromatic nitrogens is 4. The van der Waals surface area contributed by atoms with Gasteiger partial charge in [0.1, 0.15) is 5.69 Å². The molecule has 0 bridgehead atoms. The molecule has 0 atom stereocenters. The predicted octanol–water partition coefficient (Wildman–Crippen LogP) is 2.15. The van der Waals surface area contributed by atoms with Crippen molar-refractivity contribution in [2.45, 2.75) is 0 Å². The fraction of sp³-hybridized carbons (Fsp3) is 0.231. The topological polar surface area (TPSA) is 51.4 Å². The molecule has 19 heavy (non-hydrogen) atoms. The molecule has 0 radical (unpaired) electrons. The van der Waals surface area contributed by atoms with Crippen molar-refractivity contribution < 1.29 is 4.68 Å². The number of fused-ring (bicyclic) bond motifs is 1. The smallest absolute Gasteiger partial charge is 0.348 e. The van der Waals surface area contributed by atoms with Gasteiger partial charge in [-0.1, -0.05) is 28.4 Å². The fourth-order valence-corrected chi connectivity index (χ4v) is 2.12. The zero-order valence-electron chi connectivity index (χ0n) is 11.1. The first-order chi connectivity index (χ1) is 9.16. The van der Waals surface area contributed by atoms with Gasteiger partial charge in [-0.25, -0.2) is 4.57 Å². The van der Waals surface area contributed by atoms with E-state index in [1.165, 1.54) is 0 Å². The first kappa shape index (κ1) is 11.6. The average Bonchev–Trinajstić information content (AvgIpc) is 2.90. The number of para-hydroxylation sites is 1. The molecule has 0 fully saturated rings. The zero-order valence-corrected chi connectivity index (χ0v) is 11.1. The van der Waals surface area contributed by atoms with Crippen LogP contribution in [0.5, 0.6) is 0 Å². The van der Waals surface area contributed by atoms with E-state index in [4.69, 9.17) is 0 Å². The summed E-state index contributed by atoms with van der Waals surface area (Å²) in [6.45, 7) is 0. The van der Waals surface area contributed by atoms with Crippen LogP contribution in [0.4, 0.5) is 11.6 Å². The number of nitrogens with zero attached hydrogens (tertiary/aromatic N) is 6. The highest BCUT2D eigenvalue weighted by Crippen LogP contribution is 2.28. The Bertz CT molecular complexity index is 745. The molecule has 0 aliphatic heterocycles. The number of rotatable bonds is 2. The molecule has 0 aliphatic rings. The van der Waals surface area contributed by atoms with Gasteiger partial charge in [0, 0.05) is 23.7 Å². The third kappa shape index (κ3) is 1.91. The van der Waals surface area contributed by atoms with Crippen molar-refractivity contribution in [3.05, 3.63) is 36.8 Å². The summed E-state index contributed by atoms with van der Waals surface area (Å²) in [5.74, 6) is 0.702. The summed E-state index contributed by atoms with van der Waals surface area (Å²) in [5.41, 5.74) is 2.00. The van der Waals surface area contributed by atoms with Gasteiger partial charge in [-0.15, -0.1) is 4.68 Å². The lowest BCUT2D eigenvalue weighted by atomic mass is 10.2. The molecule has 1 aromatic carbocycles. The van der Waals surface area contributed by atoms with Crippen LogP contribution in [0.3, 0.4) is 0 Å². The van der Waals surface area contributed by atoms with Gasteiger partial charge in [-0.05, 0) is 6.07 Å². The van der Waals surface area contributed by atoms with Gasteiger partial charge in [-0.2, -0.15) is 0 Å². The van der Waals surface area contributed by atoms with Gasteiger partial charge in [0.2, 0.25) is 0 Å². The highest BCUT2D eigenvalue weighted by molar-refractivity contribution is 5.91. The Kier molecular flexibility index (Phi) is 2.63. The Labute approximate surface area is 110 Å². The van der Waals surface area contributed by atoms with Crippen LogP contribution in [-0.2, 0) is 21.1 Å². The summed E-state index contributed by atoms with van der Waals surface area (Å²) < 4.78 is 5.57. The minimum atomic E-state index is 0.702. The second-order valence-electron chi connectivity index (χ2n) is 4.51. The van der Waals surface area contributed by atoms with Crippen molar-refractivity contribution in [3.8, 4) is 0 Å². The minimum Gasteiger partial charge on any atom is -0.348 e. The SMILES string of the molecule is Cn1cn[n+](C)c1N=Nc1cn(C)c2ccccc12. The summed E-state index contributed by atoms with van der Waals surface area (Å²) in [4.78, 5) is 0.